The Morgan fingerprint density at radius 3 is 2.45 bits per heavy atom. The van der Waals surface area contributed by atoms with E-state index in [9.17, 15) is 22.4 Å². The van der Waals surface area contributed by atoms with Gasteiger partial charge in [-0.3, -0.25) is 9.59 Å². The number of hydrogen-bond acceptors (Lipinski definition) is 6. The predicted octanol–water partition coefficient (Wildman–Crippen LogP) is 4.54. The van der Waals surface area contributed by atoms with Crippen LogP contribution in [0, 0.1) is 22.6 Å². The fraction of sp³-hybridized carbons (Fsp3) is 0.600. The number of rotatable bonds is 12. The number of amides is 1. The highest BCUT2D eigenvalue weighted by Gasteiger charge is 2.65. The summed E-state index contributed by atoms with van der Waals surface area (Å²) in [5.41, 5.74) is -0.502. The molecular formula is C30H40FN3O4S2. The molecule has 2 aromatic rings. The largest absolute Gasteiger partial charge is 0.332 e. The fourth-order valence-corrected chi connectivity index (χ4v) is 9.84. The molecule has 0 radical (unpaired) electrons. The van der Waals surface area contributed by atoms with E-state index in [-0.39, 0.29) is 54.2 Å². The Bertz CT molecular complexity index is 1310. The second kappa shape index (κ2) is 11.6. The van der Waals surface area contributed by atoms with Crippen LogP contribution in [0.4, 0.5) is 4.39 Å². The van der Waals surface area contributed by atoms with Gasteiger partial charge in [-0.05, 0) is 79.2 Å². The molecule has 0 spiro atoms. The maximum Gasteiger partial charge on any atom is 0.238 e. The molecule has 2 bridgehead atoms. The number of carbonyl (C=O) groups excluding carboxylic acids is 2. The van der Waals surface area contributed by atoms with Crippen molar-refractivity contribution in [2.45, 2.75) is 59.0 Å². The molecule has 218 valence electrons. The molecule has 3 aliphatic rings. The van der Waals surface area contributed by atoms with E-state index < -0.39 is 15.4 Å². The number of halogens is 1. The van der Waals surface area contributed by atoms with Crippen LogP contribution in [0.5, 0.6) is 0 Å². The van der Waals surface area contributed by atoms with E-state index >= 15 is 0 Å². The van der Waals surface area contributed by atoms with Gasteiger partial charge in [-0.2, -0.15) is 4.31 Å². The number of thiophene rings is 1. The van der Waals surface area contributed by atoms with Crippen molar-refractivity contribution in [1.29, 1.82) is 0 Å². The summed E-state index contributed by atoms with van der Waals surface area (Å²) < 4.78 is 43.1. The van der Waals surface area contributed by atoms with Gasteiger partial charge in [-0.25, -0.2) is 12.8 Å². The van der Waals surface area contributed by atoms with Crippen molar-refractivity contribution in [3.8, 4) is 0 Å². The third-order valence-electron chi connectivity index (χ3n) is 9.70. The van der Waals surface area contributed by atoms with Gasteiger partial charge in [0, 0.05) is 36.3 Å². The lowest BCUT2D eigenvalue weighted by atomic mass is 9.70. The van der Waals surface area contributed by atoms with Crippen molar-refractivity contribution in [2.75, 3.05) is 38.5 Å². The molecule has 10 heteroatoms. The number of ketones is 1. The lowest BCUT2D eigenvalue weighted by Crippen LogP contribution is -2.50. The first kappa shape index (κ1) is 29.4. The number of fused-ring (bicyclic) bond motifs is 2. The van der Waals surface area contributed by atoms with E-state index in [2.05, 4.69) is 4.90 Å². The molecule has 1 aromatic carbocycles. The first-order valence-electron chi connectivity index (χ1n) is 14.3. The summed E-state index contributed by atoms with van der Waals surface area (Å²) in [6.07, 6.45) is 4.08. The van der Waals surface area contributed by atoms with Gasteiger partial charge in [0.05, 0.1) is 18.8 Å². The smallest absolute Gasteiger partial charge is 0.238 e. The lowest BCUT2D eigenvalue weighted by molar-refractivity contribution is -0.132. The molecule has 5 rings (SSSR count). The van der Waals surface area contributed by atoms with Crippen LogP contribution in [0.1, 0.15) is 56.4 Å². The predicted molar refractivity (Wildman–Crippen MR) is 155 cm³/mol. The van der Waals surface area contributed by atoms with Gasteiger partial charge in [-0.1, -0.05) is 32.0 Å². The Morgan fingerprint density at radius 1 is 1.12 bits per heavy atom. The van der Waals surface area contributed by atoms with Gasteiger partial charge in [0.15, 0.2) is 0 Å². The van der Waals surface area contributed by atoms with Crippen molar-refractivity contribution in [2.24, 2.45) is 16.7 Å². The zero-order chi connectivity index (χ0) is 28.5. The van der Waals surface area contributed by atoms with Crippen molar-refractivity contribution in [3.63, 3.8) is 0 Å². The number of carbonyl (C=O) groups is 2. The zero-order valence-electron chi connectivity index (χ0n) is 23.5. The number of hydrogen-bond donors (Lipinski definition) is 0. The van der Waals surface area contributed by atoms with Crippen LogP contribution >= 0.6 is 11.3 Å². The van der Waals surface area contributed by atoms with Gasteiger partial charge in [0.2, 0.25) is 15.9 Å². The molecule has 1 saturated heterocycles. The number of Topliss-reactive ketones (excluding diaryl/α,β-unsaturated/α-hetero) is 1. The summed E-state index contributed by atoms with van der Waals surface area (Å²) in [7, 11) is -3.92. The second-order valence-corrected chi connectivity index (χ2v) is 15.3. The molecule has 2 heterocycles. The standard InChI is InChI=1S/C30H40FN3O4S2/c1-29(2)24-11-12-30(29,27(35)18-24)22-40(37,38)34(16-15-32-13-3-4-14-32)21-28(36)33(20-26-6-5-17-39-26)19-23-7-9-25(31)10-8-23/h5-10,17,24H,3-4,11-16,18-22H2,1-2H3. The van der Waals surface area contributed by atoms with Crippen LogP contribution in [0.15, 0.2) is 41.8 Å². The van der Waals surface area contributed by atoms with Crippen LogP contribution in [0.2, 0.25) is 0 Å². The Morgan fingerprint density at radius 2 is 1.85 bits per heavy atom. The van der Waals surface area contributed by atoms with Crippen LogP contribution in [-0.2, 0) is 32.7 Å². The van der Waals surface area contributed by atoms with Crippen molar-refractivity contribution in [3.05, 3.63) is 58.0 Å². The van der Waals surface area contributed by atoms with Gasteiger partial charge >= 0.3 is 0 Å². The second-order valence-electron chi connectivity index (χ2n) is 12.3. The molecule has 2 saturated carbocycles. The first-order chi connectivity index (χ1) is 19.0. The Labute approximate surface area is 241 Å². The molecule has 2 unspecified atom stereocenters. The number of sulfonamides is 1. The first-order valence-corrected chi connectivity index (χ1v) is 16.8. The highest BCUT2D eigenvalue weighted by molar-refractivity contribution is 7.89. The normalized spacial score (nSPS) is 24.3. The summed E-state index contributed by atoms with van der Waals surface area (Å²) >= 11 is 1.53. The van der Waals surface area contributed by atoms with Crippen LogP contribution < -0.4 is 0 Å². The minimum atomic E-state index is -3.92. The quantitative estimate of drug-likeness (QED) is 0.363. The summed E-state index contributed by atoms with van der Waals surface area (Å²) in [5.74, 6) is -0.623. The van der Waals surface area contributed by atoms with Crippen LogP contribution in [0.3, 0.4) is 0 Å². The van der Waals surface area contributed by atoms with Gasteiger partial charge in [0.25, 0.3) is 0 Å². The summed E-state index contributed by atoms with van der Waals surface area (Å²) in [4.78, 5) is 31.9. The highest BCUT2D eigenvalue weighted by Crippen LogP contribution is 2.64. The van der Waals surface area contributed by atoms with Crippen molar-refractivity contribution in [1.82, 2.24) is 14.1 Å². The van der Waals surface area contributed by atoms with E-state index in [1.807, 2.05) is 31.4 Å². The molecular weight excluding hydrogens is 549 g/mol. The Kier molecular flexibility index (Phi) is 8.53. The van der Waals surface area contributed by atoms with Gasteiger partial charge in [-0.15, -0.1) is 11.3 Å². The Balaban J connectivity index is 1.39. The number of benzene rings is 1. The molecule has 1 aliphatic heterocycles. The summed E-state index contributed by atoms with van der Waals surface area (Å²) in [6, 6.07) is 9.89. The molecule has 1 amide bonds. The molecule has 40 heavy (non-hydrogen) atoms. The molecule has 2 aliphatic carbocycles. The average molecular weight is 590 g/mol. The monoisotopic (exact) mass is 589 g/mol. The van der Waals surface area contributed by atoms with E-state index in [0.717, 1.165) is 42.8 Å². The van der Waals surface area contributed by atoms with Crippen LogP contribution in [-0.4, -0.2) is 72.7 Å². The average Bonchev–Trinajstić information content (AvgIpc) is 3.69. The number of nitrogens with zero attached hydrogens (tertiary/aromatic N) is 3. The van der Waals surface area contributed by atoms with Gasteiger partial charge < -0.3 is 9.80 Å². The van der Waals surface area contributed by atoms with Gasteiger partial charge in [0.1, 0.15) is 11.6 Å². The SMILES string of the molecule is CC1(C)C2CCC1(CS(=O)(=O)N(CCN1CCCC1)CC(=O)N(Cc1ccc(F)cc1)Cc1cccs1)C(=O)C2. The highest BCUT2D eigenvalue weighted by atomic mass is 32.2. The number of likely N-dealkylation sites (tertiary alicyclic amines) is 1. The minimum absolute atomic E-state index is 0.0544. The molecule has 2 atom stereocenters. The molecule has 3 fully saturated rings. The maximum absolute atomic E-state index is 14.1. The third kappa shape index (κ3) is 5.91. The third-order valence-corrected chi connectivity index (χ3v) is 12.5. The maximum atomic E-state index is 14.1. The van der Waals surface area contributed by atoms with Crippen molar-refractivity contribution >= 4 is 33.1 Å². The Hall–Kier alpha value is -2.14. The van der Waals surface area contributed by atoms with E-state index in [1.165, 1.54) is 27.8 Å². The molecule has 0 N–H and O–H groups in total. The van der Waals surface area contributed by atoms with Crippen molar-refractivity contribution < 1.29 is 22.4 Å². The zero-order valence-corrected chi connectivity index (χ0v) is 25.1. The minimum Gasteiger partial charge on any atom is -0.332 e. The summed E-state index contributed by atoms with van der Waals surface area (Å²) in [6.45, 7) is 7.00. The topological polar surface area (TPSA) is 78.0 Å². The van der Waals surface area contributed by atoms with E-state index in [0.29, 0.717) is 25.9 Å². The molecule has 1 aromatic heterocycles. The van der Waals surface area contributed by atoms with Crippen LogP contribution in [0.25, 0.3) is 0 Å². The fourth-order valence-electron chi connectivity index (χ4n) is 6.97. The molecule has 7 nitrogen and oxygen atoms in total. The summed E-state index contributed by atoms with van der Waals surface area (Å²) in [5, 5.41) is 1.94. The lowest BCUT2D eigenvalue weighted by Gasteiger charge is -2.38. The van der Waals surface area contributed by atoms with E-state index in [4.69, 9.17) is 0 Å². The van der Waals surface area contributed by atoms with E-state index in [1.54, 1.807) is 17.0 Å².